The van der Waals surface area contributed by atoms with Crippen molar-refractivity contribution in [2.75, 3.05) is 11.4 Å². The van der Waals surface area contributed by atoms with Gasteiger partial charge in [-0.1, -0.05) is 32.5 Å². The third-order valence-electron chi connectivity index (χ3n) is 5.74. The van der Waals surface area contributed by atoms with E-state index in [0.29, 0.717) is 30.7 Å². The van der Waals surface area contributed by atoms with E-state index in [1.807, 2.05) is 16.9 Å². The van der Waals surface area contributed by atoms with Gasteiger partial charge in [-0.2, -0.15) is 0 Å². The predicted octanol–water partition coefficient (Wildman–Crippen LogP) is 5.36. The van der Waals surface area contributed by atoms with Crippen molar-refractivity contribution in [3.8, 4) is 0 Å². The first-order valence-corrected chi connectivity index (χ1v) is 13.9. The first kappa shape index (κ1) is 23.4. The molecular formula is C23H30N4O2S3. The molecule has 1 amide bonds. The molecule has 0 N–H and O–H groups in total. The Labute approximate surface area is 201 Å². The highest BCUT2D eigenvalue weighted by molar-refractivity contribution is 7.98. The zero-order chi connectivity index (χ0) is 23.0. The van der Waals surface area contributed by atoms with Crippen LogP contribution >= 0.6 is 34.4 Å². The van der Waals surface area contributed by atoms with E-state index >= 15 is 0 Å². The lowest BCUT2D eigenvalue weighted by molar-refractivity contribution is -0.116. The van der Waals surface area contributed by atoms with Crippen LogP contribution < -0.4 is 10.5 Å². The second-order valence-electron chi connectivity index (χ2n) is 8.91. The Balaban J connectivity index is 1.67. The molecule has 32 heavy (non-hydrogen) atoms. The molecule has 3 aromatic rings. The van der Waals surface area contributed by atoms with Gasteiger partial charge in [-0.15, -0.1) is 22.7 Å². The molecule has 3 heterocycles. The van der Waals surface area contributed by atoms with Crippen LogP contribution in [-0.2, 0) is 29.9 Å². The van der Waals surface area contributed by atoms with Crippen LogP contribution in [-0.4, -0.2) is 27.0 Å². The lowest BCUT2D eigenvalue weighted by atomic mass is 9.89. The summed E-state index contributed by atoms with van der Waals surface area (Å²) in [5.41, 5.74) is 2.24. The van der Waals surface area contributed by atoms with E-state index in [4.69, 9.17) is 4.98 Å². The van der Waals surface area contributed by atoms with Crippen LogP contribution in [0.4, 0.5) is 5.13 Å². The summed E-state index contributed by atoms with van der Waals surface area (Å²) < 4.78 is 1.86. The van der Waals surface area contributed by atoms with Crippen LogP contribution in [0.2, 0.25) is 0 Å². The number of fused-ring (bicyclic) bond motifs is 3. The second-order valence-corrected chi connectivity index (χ2v) is 11.8. The number of thiazole rings is 1. The Bertz CT molecular complexity index is 1190. The van der Waals surface area contributed by atoms with Gasteiger partial charge in [0, 0.05) is 36.0 Å². The van der Waals surface area contributed by atoms with Crippen LogP contribution in [0, 0.1) is 11.8 Å². The average molecular weight is 491 g/mol. The van der Waals surface area contributed by atoms with Gasteiger partial charge in [-0.05, 0) is 43.6 Å². The summed E-state index contributed by atoms with van der Waals surface area (Å²) in [6.45, 7) is 11.3. The monoisotopic (exact) mass is 490 g/mol. The smallest absolute Gasteiger partial charge is 0.263 e. The summed E-state index contributed by atoms with van der Waals surface area (Å²) in [4.78, 5) is 38.9. The van der Waals surface area contributed by atoms with Gasteiger partial charge in [-0.25, -0.2) is 9.97 Å². The molecule has 0 aromatic carbocycles. The molecule has 0 saturated carbocycles. The van der Waals surface area contributed by atoms with Crippen molar-refractivity contribution in [1.29, 1.82) is 0 Å². The number of hydrogen-bond acceptors (Lipinski definition) is 7. The van der Waals surface area contributed by atoms with Crippen LogP contribution in [0.3, 0.4) is 0 Å². The number of rotatable bonds is 7. The minimum atomic E-state index is -0.00470. The van der Waals surface area contributed by atoms with Crippen LogP contribution in [0.15, 0.2) is 15.3 Å². The van der Waals surface area contributed by atoms with Crippen molar-refractivity contribution in [3.05, 3.63) is 31.9 Å². The Morgan fingerprint density at radius 1 is 1.38 bits per heavy atom. The minimum absolute atomic E-state index is 0.00470. The number of nitrogens with zero attached hydrogens (tertiary/aromatic N) is 4. The van der Waals surface area contributed by atoms with Crippen molar-refractivity contribution in [1.82, 2.24) is 14.5 Å². The van der Waals surface area contributed by atoms with Gasteiger partial charge in [-0.3, -0.25) is 19.1 Å². The molecule has 0 spiro atoms. The van der Waals surface area contributed by atoms with Crippen molar-refractivity contribution >= 4 is 55.7 Å². The number of thioether (sulfide) groups is 1. The van der Waals surface area contributed by atoms with Gasteiger partial charge in [0.15, 0.2) is 10.3 Å². The predicted molar refractivity (Wildman–Crippen MR) is 135 cm³/mol. The maximum Gasteiger partial charge on any atom is 0.263 e. The third kappa shape index (κ3) is 4.65. The number of thiophene rings is 1. The number of aromatic nitrogens is 3. The molecule has 1 aliphatic carbocycles. The standard InChI is InChI=1S/C23H30N4O2S3/c1-6-26(15(5)28)22-24-16(11-30-22)12-31-23-25-20-19(21(29)27(23)10-13(2)3)17-8-7-14(4)9-18(17)32-20/h11,13-14H,6-10,12H2,1-5H3. The number of aryl methyl sites for hydroxylation is 1. The van der Waals surface area contributed by atoms with E-state index in [2.05, 4.69) is 25.8 Å². The molecule has 0 fully saturated rings. The summed E-state index contributed by atoms with van der Waals surface area (Å²) in [6, 6.07) is 0. The highest BCUT2D eigenvalue weighted by atomic mass is 32.2. The quantitative estimate of drug-likeness (QED) is 0.329. The Morgan fingerprint density at radius 3 is 2.84 bits per heavy atom. The number of carbonyl (C=O) groups excluding carboxylic acids is 1. The molecular weight excluding hydrogens is 460 g/mol. The van der Waals surface area contributed by atoms with E-state index in [1.165, 1.54) is 21.8 Å². The molecule has 172 valence electrons. The molecule has 0 radical (unpaired) electrons. The van der Waals surface area contributed by atoms with Crippen molar-refractivity contribution in [3.63, 3.8) is 0 Å². The van der Waals surface area contributed by atoms with E-state index in [0.717, 1.165) is 45.5 Å². The van der Waals surface area contributed by atoms with E-state index in [9.17, 15) is 9.59 Å². The molecule has 3 aromatic heterocycles. The lowest BCUT2D eigenvalue weighted by Crippen LogP contribution is -2.27. The van der Waals surface area contributed by atoms with Gasteiger partial charge in [0.05, 0.1) is 11.1 Å². The van der Waals surface area contributed by atoms with Crippen molar-refractivity contribution < 1.29 is 4.79 Å². The van der Waals surface area contributed by atoms with Gasteiger partial charge in [0.2, 0.25) is 5.91 Å². The normalized spacial score (nSPS) is 16.0. The summed E-state index contributed by atoms with van der Waals surface area (Å²) in [5.74, 6) is 1.62. The molecule has 0 bridgehead atoms. The molecule has 1 aliphatic rings. The third-order valence-corrected chi connectivity index (χ3v) is 8.81. The topological polar surface area (TPSA) is 68.1 Å². The van der Waals surface area contributed by atoms with Crippen molar-refractivity contribution in [2.24, 2.45) is 11.8 Å². The molecule has 0 saturated heterocycles. The zero-order valence-electron chi connectivity index (χ0n) is 19.3. The van der Waals surface area contributed by atoms with Gasteiger partial charge in [0.25, 0.3) is 5.56 Å². The highest BCUT2D eigenvalue weighted by Crippen LogP contribution is 2.37. The Kier molecular flexibility index (Phi) is 7.07. The fourth-order valence-electron chi connectivity index (χ4n) is 4.16. The molecule has 9 heteroatoms. The summed E-state index contributed by atoms with van der Waals surface area (Å²) >= 11 is 4.74. The Hall–Kier alpha value is -1.71. The van der Waals surface area contributed by atoms with E-state index < -0.39 is 0 Å². The average Bonchev–Trinajstić information content (AvgIpc) is 3.32. The summed E-state index contributed by atoms with van der Waals surface area (Å²) in [7, 11) is 0. The van der Waals surface area contributed by atoms with Crippen molar-refractivity contribution in [2.45, 2.75) is 71.3 Å². The fourth-order valence-corrected chi connectivity index (χ4v) is 7.52. The molecule has 1 atom stereocenters. The highest BCUT2D eigenvalue weighted by Gasteiger charge is 2.25. The fraction of sp³-hybridized carbons (Fsp3) is 0.565. The first-order valence-electron chi connectivity index (χ1n) is 11.2. The van der Waals surface area contributed by atoms with Gasteiger partial charge < -0.3 is 0 Å². The number of amides is 1. The molecule has 4 rings (SSSR count). The lowest BCUT2D eigenvalue weighted by Gasteiger charge is -2.18. The number of hydrogen-bond donors (Lipinski definition) is 0. The minimum Gasteiger partial charge on any atom is -0.289 e. The maximum atomic E-state index is 13.6. The maximum absolute atomic E-state index is 13.6. The summed E-state index contributed by atoms with van der Waals surface area (Å²) in [5, 5.41) is 4.32. The number of anilines is 1. The molecule has 0 aliphatic heterocycles. The van der Waals surface area contributed by atoms with Gasteiger partial charge >= 0.3 is 0 Å². The summed E-state index contributed by atoms with van der Waals surface area (Å²) in [6.07, 6.45) is 3.17. The largest absolute Gasteiger partial charge is 0.289 e. The molecule has 1 unspecified atom stereocenters. The number of carbonyl (C=O) groups is 1. The van der Waals surface area contributed by atoms with Crippen LogP contribution in [0.5, 0.6) is 0 Å². The molecule has 6 nitrogen and oxygen atoms in total. The van der Waals surface area contributed by atoms with Crippen LogP contribution in [0.25, 0.3) is 10.2 Å². The Morgan fingerprint density at radius 2 is 2.16 bits per heavy atom. The van der Waals surface area contributed by atoms with Gasteiger partial charge in [0.1, 0.15) is 4.83 Å². The first-order chi connectivity index (χ1) is 15.3. The zero-order valence-corrected chi connectivity index (χ0v) is 21.8. The second kappa shape index (κ2) is 9.65. The van der Waals surface area contributed by atoms with E-state index in [-0.39, 0.29) is 11.5 Å². The van der Waals surface area contributed by atoms with Crippen LogP contribution in [0.1, 0.15) is 57.2 Å². The van der Waals surface area contributed by atoms with E-state index in [1.54, 1.807) is 34.9 Å². The SMILES string of the molecule is CCN(C(C)=O)c1nc(CSc2nc3sc4c(c3c(=O)n2CC(C)C)CCC(C)C4)cs1.